The number of nitriles is 1. The van der Waals surface area contributed by atoms with E-state index in [1.165, 1.54) is 18.2 Å². The number of nitrogens with two attached hydrogens (primary N) is 1. The van der Waals surface area contributed by atoms with E-state index in [4.69, 9.17) is 11.0 Å². The van der Waals surface area contributed by atoms with Crippen molar-refractivity contribution in [2.24, 2.45) is 0 Å². The second kappa shape index (κ2) is 3.55. The van der Waals surface area contributed by atoms with Crippen molar-refractivity contribution >= 4 is 21.4 Å². The molecule has 0 aromatic heterocycles. The maximum atomic E-state index is 10.9. The van der Waals surface area contributed by atoms with E-state index in [2.05, 4.69) is 4.72 Å². The van der Waals surface area contributed by atoms with E-state index in [9.17, 15) is 8.42 Å². The van der Waals surface area contributed by atoms with Crippen molar-refractivity contribution < 1.29 is 8.42 Å². The highest BCUT2D eigenvalue weighted by molar-refractivity contribution is 7.92. The van der Waals surface area contributed by atoms with Crippen LogP contribution in [0, 0.1) is 11.3 Å². The lowest BCUT2D eigenvalue weighted by Crippen LogP contribution is -2.11. The Hall–Kier alpha value is -1.74. The Balaban J connectivity index is 3.09. The van der Waals surface area contributed by atoms with Gasteiger partial charge in [-0.3, -0.25) is 4.72 Å². The van der Waals surface area contributed by atoms with Crippen LogP contribution in [0.3, 0.4) is 0 Å². The van der Waals surface area contributed by atoms with Crippen molar-refractivity contribution in [2.45, 2.75) is 0 Å². The average Bonchev–Trinajstić information content (AvgIpc) is 2.06. The van der Waals surface area contributed by atoms with Crippen LogP contribution in [-0.4, -0.2) is 14.7 Å². The molecule has 14 heavy (non-hydrogen) atoms. The second-order valence-electron chi connectivity index (χ2n) is 2.79. The van der Waals surface area contributed by atoms with Crippen molar-refractivity contribution in [1.82, 2.24) is 0 Å². The number of nitrogen functional groups attached to an aromatic ring is 1. The summed E-state index contributed by atoms with van der Waals surface area (Å²) in [6.07, 6.45) is 1.03. The van der Waals surface area contributed by atoms with Crippen LogP contribution < -0.4 is 10.5 Å². The van der Waals surface area contributed by atoms with Gasteiger partial charge >= 0.3 is 0 Å². The predicted octanol–water partition coefficient (Wildman–Crippen LogP) is 0.512. The highest BCUT2D eigenvalue weighted by Crippen LogP contribution is 2.20. The van der Waals surface area contributed by atoms with E-state index in [1.54, 1.807) is 0 Å². The van der Waals surface area contributed by atoms with Gasteiger partial charge in [0.25, 0.3) is 0 Å². The molecule has 0 spiro atoms. The minimum Gasteiger partial charge on any atom is -0.397 e. The monoisotopic (exact) mass is 211 g/mol. The molecule has 0 fully saturated rings. The molecule has 1 rings (SSSR count). The topological polar surface area (TPSA) is 96.0 Å². The highest BCUT2D eigenvalue weighted by atomic mass is 32.2. The fraction of sp³-hybridized carbons (Fsp3) is 0.125. The molecule has 1 aromatic rings. The summed E-state index contributed by atoms with van der Waals surface area (Å²) < 4.78 is 24.0. The Morgan fingerprint density at radius 1 is 1.50 bits per heavy atom. The average molecular weight is 211 g/mol. The predicted molar refractivity (Wildman–Crippen MR) is 54.0 cm³/mol. The van der Waals surface area contributed by atoms with Crippen LogP contribution in [0.5, 0.6) is 0 Å². The molecule has 74 valence electrons. The molecule has 0 unspecified atom stereocenters. The Morgan fingerprint density at radius 3 is 2.57 bits per heavy atom. The molecule has 0 saturated carbocycles. The van der Waals surface area contributed by atoms with Crippen molar-refractivity contribution in [1.29, 1.82) is 5.26 Å². The first-order valence-electron chi connectivity index (χ1n) is 3.70. The van der Waals surface area contributed by atoms with Gasteiger partial charge in [-0.05, 0) is 18.2 Å². The molecule has 0 saturated heterocycles. The third kappa shape index (κ3) is 2.64. The summed E-state index contributed by atoms with van der Waals surface area (Å²) in [7, 11) is -3.33. The van der Waals surface area contributed by atoms with Crippen LogP contribution in [0.2, 0.25) is 0 Å². The van der Waals surface area contributed by atoms with Gasteiger partial charge in [0.15, 0.2) is 0 Å². The Kier molecular flexibility index (Phi) is 2.63. The molecule has 0 aliphatic heterocycles. The minimum atomic E-state index is -3.33. The standard InChI is InChI=1S/C8H9N3O2S/c1-14(12,13)11-8-3-2-6(5-9)4-7(8)10/h2-4,11H,10H2,1H3. The molecule has 1 aromatic carbocycles. The van der Waals surface area contributed by atoms with Gasteiger partial charge in [0.1, 0.15) is 0 Å². The minimum absolute atomic E-state index is 0.231. The Labute approximate surface area is 82.2 Å². The first kappa shape index (κ1) is 10.3. The second-order valence-corrected chi connectivity index (χ2v) is 4.54. The number of rotatable bonds is 2. The molecule has 5 nitrogen and oxygen atoms in total. The maximum Gasteiger partial charge on any atom is 0.229 e. The number of anilines is 2. The zero-order valence-corrected chi connectivity index (χ0v) is 8.30. The molecule has 3 N–H and O–H groups in total. The Bertz CT molecular complexity index is 488. The summed E-state index contributed by atoms with van der Waals surface area (Å²) in [5.74, 6) is 0. The number of benzene rings is 1. The first-order valence-corrected chi connectivity index (χ1v) is 5.59. The third-order valence-corrected chi connectivity index (χ3v) is 2.07. The number of nitrogens with zero attached hydrogens (tertiary/aromatic N) is 1. The van der Waals surface area contributed by atoms with Gasteiger partial charge in [0, 0.05) is 0 Å². The van der Waals surface area contributed by atoms with Crippen LogP contribution in [0.25, 0.3) is 0 Å². The van der Waals surface area contributed by atoms with E-state index >= 15 is 0 Å². The lowest BCUT2D eigenvalue weighted by molar-refractivity contribution is 0.607. The SMILES string of the molecule is CS(=O)(=O)Nc1ccc(C#N)cc1N. The molecular weight excluding hydrogens is 202 g/mol. The van der Waals surface area contributed by atoms with Crippen LogP contribution in [0.15, 0.2) is 18.2 Å². The van der Waals surface area contributed by atoms with Crippen LogP contribution in [0.1, 0.15) is 5.56 Å². The van der Waals surface area contributed by atoms with Crippen molar-refractivity contribution in [3.63, 3.8) is 0 Å². The van der Waals surface area contributed by atoms with Gasteiger partial charge in [-0.2, -0.15) is 5.26 Å². The van der Waals surface area contributed by atoms with E-state index < -0.39 is 10.0 Å². The summed E-state index contributed by atoms with van der Waals surface area (Å²) in [6, 6.07) is 6.25. The van der Waals surface area contributed by atoms with Crippen LogP contribution in [-0.2, 0) is 10.0 Å². The Morgan fingerprint density at radius 2 is 2.14 bits per heavy atom. The van der Waals surface area contributed by atoms with E-state index in [0.717, 1.165) is 6.26 Å². The molecule has 0 amide bonds. The molecule has 0 radical (unpaired) electrons. The lowest BCUT2D eigenvalue weighted by Gasteiger charge is -2.06. The van der Waals surface area contributed by atoms with Crippen LogP contribution in [0.4, 0.5) is 11.4 Å². The largest absolute Gasteiger partial charge is 0.397 e. The molecule has 0 atom stereocenters. The third-order valence-electron chi connectivity index (χ3n) is 1.48. The van der Waals surface area contributed by atoms with Gasteiger partial charge < -0.3 is 5.73 Å². The summed E-state index contributed by atoms with van der Waals surface area (Å²) >= 11 is 0. The van der Waals surface area contributed by atoms with E-state index in [1.807, 2.05) is 6.07 Å². The summed E-state index contributed by atoms with van der Waals surface area (Å²) in [6.45, 7) is 0. The molecule has 0 heterocycles. The molecule has 0 aliphatic carbocycles. The van der Waals surface area contributed by atoms with Crippen LogP contribution >= 0.6 is 0 Å². The van der Waals surface area contributed by atoms with Crippen molar-refractivity contribution in [2.75, 3.05) is 16.7 Å². The van der Waals surface area contributed by atoms with E-state index in [-0.39, 0.29) is 11.4 Å². The van der Waals surface area contributed by atoms with Crippen molar-refractivity contribution in [3.05, 3.63) is 23.8 Å². The molecular formula is C8H9N3O2S. The number of nitrogens with one attached hydrogen (secondary N) is 1. The molecule has 6 heteroatoms. The normalized spacial score (nSPS) is 10.6. The highest BCUT2D eigenvalue weighted by Gasteiger charge is 2.05. The van der Waals surface area contributed by atoms with E-state index in [0.29, 0.717) is 5.56 Å². The zero-order chi connectivity index (χ0) is 10.8. The first-order chi connectivity index (χ1) is 6.42. The number of hydrogen-bond donors (Lipinski definition) is 2. The van der Waals surface area contributed by atoms with Crippen molar-refractivity contribution in [3.8, 4) is 6.07 Å². The summed E-state index contributed by atoms with van der Waals surface area (Å²) in [5.41, 5.74) is 6.43. The smallest absolute Gasteiger partial charge is 0.229 e. The van der Waals surface area contributed by atoms with Gasteiger partial charge in [-0.1, -0.05) is 0 Å². The number of sulfonamides is 1. The number of hydrogen-bond acceptors (Lipinski definition) is 4. The van der Waals surface area contributed by atoms with Gasteiger partial charge in [-0.15, -0.1) is 0 Å². The summed E-state index contributed by atoms with van der Waals surface area (Å²) in [5, 5.41) is 8.54. The summed E-state index contributed by atoms with van der Waals surface area (Å²) in [4.78, 5) is 0. The van der Waals surface area contributed by atoms with Gasteiger partial charge in [-0.25, -0.2) is 8.42 Å². The lowest BCUT2D eigenvalue weighted by atomic mass is 10.2. The quantitative estimate of drug-likeness (QED) is 0.696. The maximum absolute atomic E-state index is 10.9. The fourth-order valence-corrected chi connectivity index (χ4v) is 1.51. The zero-order valence-electron chi connectivity index (χ0n) is 7.48. The molecule has 0 aliphatic rings. The molecule has 0 bridgehead atoms. The fourth-order valence-electron chi connectivity index (χ4n) is 0.925. The van der Waals surface area contributed by atoms with Gasteiger partial charge in [0.2, 0.25) is 10.0 Å². The van der Waals surface area contributed by atoms with Gasteiger partial charge in [0.05, 0.1) is 29.3 Å².